The first kappa shape index (κ1) is 11.5. The molecule has 0 saturated heterocycles. The zero-order valence-corrected chi connectivity index (χ0v) is 7.64. The summed E-state index contributed by atoms with van der Waals surface area (Å²) in [5.74, 6) is 0. The molecule has 1 aromatic rings. The Balaban J connectivity index is 0.000000223. The van der Waals surface area contributed by atoms with Crippen LogP contribution in [0.4, 0.5) is 4.79 Å². The number of ether oxygens (including phenoxy) is 1. The van der Waals surface area contributed by atoms with Crippen molar-refractivity contribution in [1.29, 1.82) is 0 Å². The third kappa shape index (κ3) is 10.5. The molecular weight excluding hydrogens is 168 g/mol. The second-order valence-electron chi connectivity index (χ2n) is 2.27. The molecule has 0 amide bonds. The Bertz CT molecular complexity index is 182. The van der Waals surface area contributed by atoms with Crippen molar-refractivity contribution in [3.63, 3.8) is 0 Å². The van der Waals surface area contributed by atoms with Crippen LogP contribution in [0, 0.1) is 0 Å². The molecular formula is C10H14O3. The van der Waals surface area contributed by atoms with Crippen molar-refractivity contribution < 1.29 is 14.6 Å². The van der Waals surface area contributed by atoms with Crippen molar-refractivity contribution in [3.05, 3.63) is 36.4 Å². The standard InChI is InChI=1S/C6H6.C4H8O3/c1-2-4-6-5-3-1;1-2-3-7-4(5)6/h1-6H;2-3H2,1H3,(H,5,6). The number of hydrogen-bond acceptors (Lipinski definition) is 2. The van der Waals surface area contributed by atoms with Gasteiger partial charge in [-0.2, -0.15) is 0 Å². The molecule has 0 saturated carbocycles. The smallest absolute Gasteiger partial charge is 0.450 e. The Morgan fingerprint density at radius 1 is 1.15 bits per heavy atom. The van der Waals surface area contributed by atoms with E-state index in [0.29, 0.717) is 6.61 Å². The molecule has 72 valence electrons. The Morgan fingerprint density at radius 3 is 1.69 bits per heavy atom. The minimum Gasteiger partial charge on any atom is -0.450 e. The first-order chi connectivity index (χ1) is 6.27. The molecule has 0 fully saturated rings. The lowest BCUT2D eigenvalue weighted by Crippen LogP contribution is -1.99. The summed E-state index contributed by atoms with van der Waals surface area (Å²) < 4.78 is 4.11. The lowest BCUT2D eigenvalue weighted by Gasteiger charge is -1.91. The van der Waals surface area contributed by atoms with Crippen molar-refractivity contribution in [3.8, 4) is 0 Å². The number of benzene rings is 1. The van der Waals surface area contributed by atoms with E-state index in [0.717, 1.165) is 6.42 Å². The highest BCUT2D eigenvalue weighted by molar-refractivity contribution is 5.56. The van der Waals surface area contributed by atoms with Gasteiger partial charge in [-0.25, -0.2) is 4.79 Å². The van der Waals surface area contributed by atoms with E-state index < -0.39 is 6.16 Å². The molecule has 0 aliphatic heterocycles. The van der Waals surface area contributed by atoms with Gasteiger partial charge in [0.15, 0.2) is 0 Å². The molecule has 0 aliphatic carbocycles. The van der Waals surface area contributed by atoms with Gasteiger partial charge in [-0.05, 0) is 6.42 Å². The molecule has 0 aliphatic rings. The predicted molar refractivity (Wildman–Crippen MR) is 50.7 cm³/mol. The van der Waals surface area contributed by atoms with Crippen molar-refractivity contribution in [2.45, 2.75) is 13.3 Å². The van der Waals surface area contributed by atoms with Crippen molar-refractivity contribution in [1.82, 2.24) is 0 Å². The maximum absolute atomic E-state index is 9.54. The third-order valence-electron chi connectivity index (χ3n) is 1.10. The van der Waals surface area contributed by atoms with Crippen LogP contribution in [0.3, 0.4) is 0 Å². The maximum atomic E-state index is 9.54. The van der Waals surface area contributed by atoms with Gasteiger partial charge in [0, 0.05) is 0 Å². The van der Waals surface area contributed by atoms with E-state index in [2.05, 4.69) is 4.74 Å². The van der Waals surface area contributed by atoms with Gasteiger partial charge in [-0.15, -0.1) is 0 Å². The second kappa shape index (κ2) is 8.59. The maximum Gasteiger partial charge on any atom is 0.505 e. The van der Waals surface area contributed by atoms with Crippen LogP contribution in [0.25, 0.3) is 0 Å². The van der Waals surface area contributed by atoms with Gasteiger partial charge < -0.3 is 9.84 Å². The number of carboxylic acid groups (broad SMARTS) is 1. The lowest BCUT2D eigenvalue weighted by molar-refractivity contribution is 0.0918. The van der Waals surface area contributed by atoms with Gasteiger partial charge in [-0.3, -0.25) is 0 Å². The van der Waals surface area contributed by atoms with Crippen LogP contribution >= 0.6 is 0 Å². The summed E-state index contributed by atoms with van der Waals surface area (Å²) >= 11 is 0. The Morgan fingerprint density at radius 2 is 1.54 bits per heavy atom. The van der Waals surface area contributed by atoms with Crippen molar-refractivity contribution >= 4 is 6.16 Å². The summed E-state index contributed by atoms with van der Waals surface area (Å²) in [6.07, 6.45) is -0.450. The van der Waals surface area contributed by atoms with Crippen LogP contribution in [0.5, 0.6) is 0 Å². The number of rotatable bonds is 2. The number of hydrogen-bond donors (Lipinski definition) is 1. The van der Waals surface area contributed by atoms with Gasteiger partial charge in [0.2, 0.25) is 0 Å². The summed E-state index contributed by atoms with van der Waals surface area (Å²) in [5.41, 5.74) is 0. The van der Waals surface area contributed by atoms with Crippen LogP contribution < -0.4 is 0 Å². The largest absolute Gasteiger partial charge is 0.505 e. The highest BCUT2D eigenvalue weighted by Gasteiger charge is 1.89. The van der Waals surface area contributed by atoms with E-state index in [1.165, 1.54) is 0 Å². The molecule has 13 heavy (non-hydrogen) atoms. The second-order valence-corrected chi connectivity index (χ2v) is 2.27. The van der Waals surface area contributed by atoms with Crippen LogP contribution in [0.1, 0.15) is 13.3 Å². The SMILES string of the molecule is CCCOC(=O)O.c1ccccc1. The van der Waals surface area contributed by atoms with Gasteiger partial charge in [0.1, 0.15) is 0 Å². The minimum atomic E-state index is -1.19. The minimum absolute atomic E-state index is 0.301. The molecule has 1 N–H and O–H groups in total. The lowest BCUT2D eigenvalue weighted by atomic mass is 10.4. The summed E-state index contributed by atoms with van der Waals surface area (Å²) in [4.78, 5) is 9.54. The average Bonchev–Trinajstić information content (AvgIpc) is 2.18. The molecule has 0 aromatic heterocycles. The van der Waals surface area contributed by atoms with Gasteiger partial charge >= 0.3 is 6.16 Å². The zero-order valence-electron chi connectivity index (χ0n) is 7.64. The van der Waals surface area contributed by atoms with E-state index in [4.69, 9.17) is 5.11 Å². The molecule has 0 spiro atoms. The molecule has 0 unspecified atom stereocenters. The molecule has 3 heteroatoms. The summed E-state index contributed by atoms with van der Waals surface area (Å²) in [6, 6.07) is 12.0. The summed E-state index contributed by atoms with van der Waals surface area (Å²) in [6.45, 7) is 2.15. The zero-order chi connectivity index (χ0) is 9.94. The van der Waals surface area contributed by atoms with Crippen molar-refractivity contribution in [2.24, 2.45) is 0 Å². The molecule has 0 bridgehead atoms. The molecule has 1 aromatic carbocycles. The highest BCUT2D eigenvalue weighted by atomic mass is 16.7. The quantitative estimate of drug-likeness (QED) is 0.715. The van der Waals surface area contributed by atoms with Crippen LogP contribution in [-0.4, -0.2) is 17.9 Å². The van der Waals surface area contributed by atoms with E-state index in [1.807, 2.05) is 43.3 Å². The molecule has 0 radical (unpaired) electrons. The van der Waals surface area contributed by atoms with E-state index in [-0.39, 0.29) is 0 Å². The summed E-state index contributed by atoms with van der Waals surface area (Å²) in [5, 5.41) is 7.82. The fourth-order valence-corrected chi connectivity index (χ4v) is 0.574. The molecule has 0 heterocycles. The Hall–Kier alpha value is -1.51. The predicted octanol–water partition coefficient (Wildman–Crippen LogP) is 2.78. The van der Waals surface area contributed by atoms with Gasteiger partial charge in [0.05, 0.1) is 6.61 Å². The molecule has 0 atom stereocenters. The Labute approximate surface area is 78.0 Å². The Kier molecular flexibility index (Phi) is 7.59. The number of carbonyl (C=O) groups is 1. The average molecular weight is 182 g/mol. The third-order valence-corrected chi connectivity index (χ3v) is 1.10. The van der Waals surface area contributed by atoms with Gasteiger partial charge in [-0.1, -0.05) is 43.3 Å². The normalized spacial score (nSPS) is 8.08. The molecule has 1 rings (SSSR count). The van der Waals surface area contributed by atoms with Crippen molar-refractivity contribution in [2.75, 3.05) is 6.61 Å². The topological polar surface area (TPSA) is 46.5 Å². The monoisotopic (exact) mass is 182 g/mol. The first-order valence-corrected chi connectivity index (χ1v) is 4.13. The van der Waals surface area contributed by atoms with E-state index in [9.17, 15) is 4.79 Å². The summed E-state index contributed by atoms with van der Waals surface area (Å²) in [7, 11) is 0. The van der Waals surface area contributed by atoms with Gasteiger partial charge in [0.25, 0.3) is 0 Å². The van der Waals surface area contributed by atoms with E-state index in [1.54, 1.807) is 0 Å². The van der Waals surface area contributed by atoms with Crippen LogP contribution in [0.2, 0.25) is 0 Å². The first-order valence-electron chi connectivity index (χ1n) is 4.13. The fraction of sp³-hybridized carbons (Fsp3) is 0.300. The van der Waals surface area contributed by atoms with Crippen LogP contribution in [0.15, 0.2) is 36.4 Å². The van der Waals surface area contributed by atoms with Crippen LogP contribution in [-0.2, 0) is 4.74 Å². The van der Waals surface area contributed by atoms with E-state index >= 15 is 0 Å². The highest BCUT2D eigenvalue weighted by Crippen LogP contribution is 1.80. The molecule has 3 nitrogen and oxygen atoms in total. The fourth-order valence-electron chi connectivity index (χ4n) is 0.574.